The van der Waals surface area contributed by atoms with Crippen LogP contribution in [-0.4, -0.2) is 33.7 Å². The second kappa shape index (κ2) is 9.02. The highest BCUT2D eigenvalue weighted by atomic mass is 32.2. The van der Waals surface area contributed by atoms with E-state index in [-0.39, 0.29) is 11.7 Å². The van der Waals surface area contributed by atoms with E-state index in [9.17, 15) is 4.79 Å². The van der Waals surface area contributed by atoms with Crippen LogP contribution >= 0.6 is 23.1 Å². The number of hydrogen-bond acceptors (Lipinski definition) is 7. The van der Waals surface area contributed by atoms with Crippen LogP contribution in [0.3, 0.4) is 0 Å². The zero-order chi connectivity index (χ0) is 20.1. The van der Waals surface area contributed by atoms with Gasteiger partial charge < -0.3 is 10.1 Å². The van der Waals surface area contributed by atoms with Gasteiger partial charge in [0.25, 0.3) is 0 Å². The first-order valence-corrected chi connectivity index (χ1v) is 10.8. The van der Waals surface area contributed by atoms with Crippen molar-refractivity contribution in [1.82, 2.24) is 15.0 Å². The van der Waals surface area contributed by atoms with Crippen LogP contribution in [0.4, 0.5) is 5.13 Å². The van der Waals surface area contributed by atoms with Crippen LogP contribution in [0.15, 0.2) is 65.1 Å². The van der Waals surface area contributed by atoms with Gasteiger partial charge in [0.2, 0.25) is 5.91 Å². The number of nitrogens with one attached hydrogen (secondary N) is 1. The normalized spacial score (nSPS) is 10.8. The van der Waals surface area contributed by atoms with Gasteiger partial charge in [0.05, 0.1) is 29.6 Å². The minimum absolute atomic E-state index is 0.122. The standard InChI is InChI=1S/C21H18N4O2S2/c1-27-18-9-5-2-6-14(18)12-17-20(24-16-8-4-3-7-15(16)23-17)29-13-19(26)25-21-22-10-11-28-21/h2-11H,12-13H2,1H3,(H,22,25,26). The van der Waals surface area contributed by atoms with Gasteiger partial charge >= 0.3 is 0 Å². The van der Waals surface area contributed by atoms with Crippen molar-refractivity contribution < 1.29 is 9.53 Å². The van der Waals surface area contributed by atoms with Crippen molar-refractivity contribution in [3.8, 4) is 5.75 Å². The van der Waals surface area contributed by atoms with Crippen LogP contribution in [0.25, 0.3) is 11.0 Å². The molecule has 4 rings (SSSR count). The predicted molar refractivity (Wildman–Crippen MR) is 117 cm³/mol. The number of nitrogens with zero attached hydrogens (tertiary/aromatic N) is 3. The van der Waals surface area contributed by atoms with E-state index in [1.807, 2.05) is 53.9 Å². The summed E-state index contributed by atoms with van der Waals surface area (Å²) in [4.78, 5) is 25.9. The maximum absolute atomic E-state index is 12.3. The van der Waals surface area contributed by atoms with Gasteiger partial charge in [-0.05, 0) is 18.2 Å². The van der Waals surface area contributed by atoms with Crippen molar-refractivity contribution in [2.75, 3.05) is 18.2 Å². The summed E-state index contributed by atoms with van der Waals surface area (Å²) in [7, 11) is 1.66. The number of rotatable bonds is 7. The molecule has 0 atom stereocenters. The molecule has 8 heteroatoms. The summed E-state index contributed by atoms with van der Waals surface area (Å²) in [5.74, 6) is 0.911. The van der Waals surface area contributed by atoms with Crippen molar-refractivity contribution in [2.24, 2.45) is 0 Å². The number of methoxy groups -OCH3 is 1. The zero-order valence-electron chi connectivity index (χ0n) is 15.7. The lowest BCUT2D eigenvalue weighted by molar-refractivity contribution is -0.113. The molecule has 0 radical (unpaired) electrons. The van der Waals surface area contributed by atoms with E-state index in [1.54, 1.807) is 13.3 Å². The second-order valence-electron chi connectivity index (χ2n) is 6.13. The highest BCUT2D eigenvalue weighted by molar-refractivity contribution is 8.00. The van der Waals surface area contributed by atoms with Gasteiger partial charge in [-0.25, -0.2) is 15.0 Å². The number of para-hydroxylation sites is 3. The summed E-state index contributed by atoms with van der Waals surface area (Å²) in [5, 5.41) is 5.95. The number of carbonyl (C=O) groups is 1. The SMILES string of the molecule is COc1ccccc1Cc1nc2ccccc2nc1SCC(=O)Nc1nccs1. The van der Waals surface area contributed by atoms with Crippen molar-refractivity contribution in [3.05, 3.63) is 71.4 Å². The Kier molecular flexibility index (Phi) is 6.02. The number of ether oxygens (including phenoxy) is 1. The number of thioether (sulfide) groups is 1. The summed E-state index contributed by atoms with van der Waals surface area (Å²) in [6.45, 7) is 0. The minimum atomic E-state index is -0.122. The maximum atomic E-state index is 12.3. The monoisotopic (exact) mass is 422 g/mol. The lowest BCUT2D eigenvalue weighted by Crippen LogP contribution is -2.14. The molecule has 4 aromatic rings. The van der Waals surface area contributed by atoms with Crippen molar-refractivity contribution in [1.29, 1.82) is 0 Å². The summed E-state index contributed by atoms with van der Waals surface area (Å²) in [6.07, 6.45) is 2.23. The van der Waals surface area contributed by atoms with Crippen LogP contribution in [0.1, 0.15) is 11.3 Å². The molecule has 6 nitrogen and oxygen atoms in total. The fourth-order valence-corrected chi connectivity index (χ4v) is 4.19. The Hall–Kier alpha value is -2.97. The van der Waals surface area contributed by atoms with Gasteiger partial charge in [0, 0.05) is 23.6 Å². The third-order valence-corrected chi connectivity index (χ3v) is 5.87. The third-order valence-electron chi connectivity index (χ3n) is 4.18. The van der Waals surface area contributed by atoms with Crippen molar-refractivity contribution in [2.45, 2.75) is 11.4 Å². The fraction of sp³-hybridized carbons (Fsp3) is 0.143. The molecule has 1 amide bonds. The number of amides is 1. The molecule has 146 valence electrons. The minimum Gasteiger partial charge on any atom is -0.496 e. The molecule has 0 saturated carbocycles. The average molecular weight is 423 g/mol. The van der Waals surface area contributed by atoms with Gasteiger partial charge in [-0.3, -0.25) is 4.79 Å². The highest BCUT2D eigenvalue weighted by Crippen LogP contribution is 2.27. The van der Waals surface area contributed by atoms with E-state index >= 15 is 0 Å². The molecule has 2 heterocycles. The van der Waals surface area contributed by atoms with Crippen LogP contribution in [0, 0.1) is 0 Å². The van der Waals surface area contributed by atoms with E-state index in [0.29, 0.717) is 11.6 Å². The number of fused-ring (bicyclic) bond motifs is 1. The van der Waals surface area contributed by atoms with Gasteiger partial charge in [0.15, 0.2) is 5.13 Å². The molecule has 0 aliphatic heterocycles. The first-order valence-electron chi connectivity index (χ1n) is 8.92. The first kappa shape index (κ1) is 19.4. The summed E-state index contributed by atoms with van der Waals surface area (Å²) < 4.78 is 5.48. The Labute approximate surface area is 176 Å². The smallest absolute Gasteiger partial charge is 0.236 e. The largest absolute Gasteiger partial charge is 0.496 e. The van der Waals surface area contributed by atoms with Crippen LogP contribution in [0.2, 0.25) is 0 Å². The summed E-state index contributed by atoms with van der Waals surface area (Å²) >= 11 is 2.76. The van der Waals surface area contributed by atoms with Gasteiger partial charge in [-0.1, -0.05) is 42.1 Å². The number of anilines is 1. The summed E-state index contributed by atoms with van der Waals surface area (Å²) in [6, 6.07) is 15.6. The average Bonchev–Trinajstić information content (AvgIpc) is 3.25. The van der Waals surface area contributed by atoms with E-state index in [2.05, 4.69) is 10.3 Å². The fourth-order valence-electron chi connectivity index (χ4n) is 2.85. The predicted octanol–water partition coefficient (Wildman–Crippen LogP) is 4.42. The van der Waals surface area contributed by atoms with E-state index < -0.39 is 0 Å². The topological polar surface area (TPSA) is 77.0 Å². The molecule has 2 aromatic heterocycles. The molecule has 0 saturated heterocycles. The van der Waals surface area contributed by atoms with E-state index in [4.69, 9.17) is 14.7 Å². The molecule has 0 bridgehead atoms. The quantitative estimate of drug-likeness (QED) is 0.445. The number of aromatic nitrogens is 3. The number of carbonyl (C=O) groups excluding carboxylic acids is 1. The molecule has 2 aromatic carbocycles. The Morgan fingerprint density at radius 3 is 2.62 bits per heavy atom. The number of thiazole rings is 1. The van der Waals surface area contributed by atoms with E-state index in [1.165, 1.54) is 23.1 Å². The molecular weight excluding hydrogens is 404 g/mol. The lowest BCUT2D eigenvalue weighted by atomic mass is 10.1. The third kappa shape index (κ3) is 4.72. The highest BCUT2D eigenvalue weighted by Gasteiger charge is 2.14. The van der Waals surface area contributed by atoms with Crippen LogP contribution in [-0.2, 0) is 11.2 Å². The Bertz CT molecular complexity index is 1130. The van der Waals surface area contributed by atoms with Gasteiger partial charge in [0.1, 0.15) is 10.8 Å². The maximum Gasteiger partial charge on any atom is 0.236 e. The number of benzene rings is 2. The molecule has 0 unspecified atom stereocenters. The molecule has 29 heavy (non-hydrogen) atoms. The first-order chi connectivity index (χ1) is 14.2. The van der Waals surface area contributed by atoms with E-state index in [0.717, 1.165) is 33.1 Å². The molecule has 0 spiro atoms. The lowest BCUT2D eigenvalue weighted by Gasteiger charge is -2.12. The molecule has 0 aliphatic carbocycles. The van der Waals surface area contributed by atoms with Crippen molar-refractivity contribution >= 4 is 45.2 Å². The molecular formula is C21H18N4O2S2. The van der Waals surface area contributed by atoms with Crippen LogP contribution in [0.5, 0.6) is 5.75 Å². The molecule has 0 fully saturated rings. The van der Waals surface area contributed by atoms with Crippen molar-refractivity contribution in [3.63, 3.8) is 0 Å². The molecule has 0 aliphatic rings. The van der Waals surface area contributed by atoms with Crippen LogP contribution < -0.4 is 10.1 Å². The second-order valence-corrected chi connectivity index (χ2v) is 7.99. The summed E-state index contributed by atoms with van der Waals surface area (Å²) in [5.41, 5.74) is 3.47. The number of hydrogen-bond donors (Lipinski definition) is 1. The zero-order valence-corrected chi connectivity index (χ0v) is 17.3. The molecule has 1 N–H and O–H groups in total. The Balaban J connectivity index is 1.60. The Morgan fingerprint density at radius 1 is 1.10 bits per heavy atom. The van der Waals surface area contributed by atoms with Gasteiger partial charge in [-0.2, -0.15) is 0 Å². The van der Waals surface area contributed by atoms with Gasteiger partial charge in [-0.15, -0.1) is 11.3 Å². The Morgan fingerprint density at radius 2 is 1.86 bits per heavy atom.